The molecule has 0 radical (unpaired) electrons. The molecule has 7 heteroatoms. The number of aromatic nitrogens is 1. The number of pyridine rings is 1. The number of rotatable bonds is 5. The fraction of sp³-hybridized carbons (Fsp3) is 0.667. The lowest BCUT2D eigenvalue weighted by Gasteiger charge is -2.38. The molecular weight excluding hydrogens is 297 g/mol. The molecule has 2 heterocycles. The fourth-order valence-electron chi connectivity index (χ4n) is 2.62. The highest BCUT2D eigenvalue weighted by atomic mass is 19.4. The summed E-state index contributed by atoms with van der Waals surface area (Å²) >= 11 is 0. The Labute approximate surface area is 127 Å². The van der Waals surface area contributed by atoms with E-state index in [0.717, 1.165) is 12.8 Å². The molecule has 1 aliphatic heterocycles. The molecule has 1 aromatic heterocycles. The minimum absolute atomic E-state index is 0.0481. The smallest absolute Gasteiger partial charge is 0.408 e. The highest BCUT2D eigenvalue weighted by molar-refractivity contribution is 5.43. The molecule has 124 valence electrons. The minimum atomic E-state index is -4.31. The van der Waals surface area contributed by atoms with Gasteiger partial charge in [0.25, 0.3) is 0 Å². The third-order valence-corrected chi connectivity index (χ3v) is 3.75. The van der Waals surface area contributed by atoms with Crippen LogP contribution in [-0.2, 0) is 0 Å². The zero-order chi connectivity index (χ0) is 16.2. The third-order valence-electron chi connectivity index (χ3n) is 3.75. The molecule has 1 fully saturated rings. The Morgan fingerprint density at radius 3 is 2.82 bits per heavy atom. The van der Waals surface area contributed by atoms with Gasteiger partial charge in [0.2, 0.25) is 0 Å². The van der Waals surface area contributed by atoms with E-state index in [1.54, 1.807) is 0 Å². The first-order valence-corrected chi connectivity index (χ1v) is 7.62. The van der Waals surface area contributed by atoms with Crippen molar-refractivity contribution >= 4 is 5.82 Å². The molecule has 1 N–H and O–H groups in total. The summed E-state index contributed by atoms with van der Waals surface area (Å²) in [5, 5.41) is 0. The number of hydrogen-bond acceptors (Lipinski definition) is 3. The van der Waals surface area contributed by atoms with Gasteiger partial charge in [0, 0.05) is 18.7 Å². The molecule has 0 aliphatic carbocycles. The molecule has 0 amide bonds. The molecule has 0 bridgehead atoms. The topological polar surface area (TPSA) is 45.3 Å². The Kier molecular flexibility index (Phi) is 5.37. The lowest BCUT2D eigenvalue weighted by molar-refractivity contribution is -0.152. The predicted molar refractivity (Wildman–Crippen MR) is 78.5 cm³/mol. The zero-order valence-corrected chi connectivity index (χ0v) is 12.6. The van der Waals surface area contributed by atoms with Gasteiger partial charge in [-0.25, -0.2) is 0 Å². The van der Waals surface area contributed by atoms with E-state index in [-0.39, 0.29) is 30.1 Å². The monoisotopic (exact) mass is 318 g/mol. The Bertz CT molecular complexity index is 542. The minimum Gasteiger partial charge on any atom is -0.479 e. The van der Waals surface area contributed by atoms with Gasteiger partial charge in [-0.3, -0.25) is 4.79 Å². The summed E-state index contributed by atoms with van der Waals surface area (Å²) < 4.78 is 44.9. The summed E-state index contributed by atoms with van der Waals surface area (Å²) in [6.45, 7) is 2.71. The third kappa shape index (κ3) is 4.18. The van der Waals surface area contributed by atoms with Gasteiger partial charge in [-0.05, 0) is 25.7 Å². The van der Waals surface area contributed by atoms with Gasteiger partial charge in [-0.15, -0.1) is 0 Å². The number of H-pyrrole nitrogens is 1. The van der Waals surface area contributed by atoms with Crippen LogP contribution < -0.4 is 15.1 Å². The highest BCUT2D eigenvalue weighted by Crippen LogP contribution is 2.34. The maximum Gasteiger partial charge on any atom is 0.408 e. The molecule has 1 atom stereocenters. The average Bonchev–Trinajstić information content (AvgIpc) is 2.46. The number of aromatic amines is 1. The van der Waals surface area contributed by atoms with E-state index >= 15 is 0 Å². The molecule has 0 saturated carbocycles. The van der Waals surface area contributed by atoms with Gasteiger partial charge in [0.1, 0.15) is 11.9 Å². The van der Waals surface area contributed by atoms with Crippen molar-refractivity contribution in [2.45, 2.75) is 51.2 Å². The Morgan fingerprint density at radius 1 is 1.36 bits per heavy atom. The van der Waals surface area contributed by atoms with Crippen LogP contribution in [0.1, 0.15) is 39.0 Å². The second-order valence-corrected chi connectivity index (χ2v) is 5.51. The first-order valence-electron chi connectivity index (χ1n) is 7.62. The summed E-state index contributed by atoms with van der Waals surface area (Å²) in [4.78, 5) is 15.8. The standard InChI is InChI=1S/C15H21F3N2O2/c1-2-3-8-22-14-10-11(21)9-13(19-14)20-7-5-4-6-12(20)15(16,17)18/h9-10,12H,2-8H2,1H3,(H,19,21). The van der Waals surface area contributed by atoms with E-state index in [4.69, 9.17) is 4.74 Å². The van der Waals surface area contributed by atoms with E-state index in [0.29, 0.717) is 19.4 Å². The summed E-state index contributed by atoms with van der Waals surface area (Å²) in [5.41, 5.74) is -0.355. The number of anilines is 1. The van der Waals surface area contributed by atoms with Crippen molar-refractivity contribution in [3.05, 3.63) is 22.4 Å². The molecule has 0 aromatic carbocycles. The number of piperidine rings is 1. The Morgan fingerprint density at radius 2 is 2.14 bits per heavy atom. The van der Waals surface area contributed by atoms with E-state index < -0.39 is 12.2 Å². The van der Waals surface area contributed by atoms with Gasteiger partial charge in [0.05, 0.1) is 6.61 Å². The van der Waals surface area contributed by atoms with Crippen LogP contribution in [0.25, 0.3) is 0 Å². The quantitative estimate of drug-likeness (QED) is 0.846. The van der Waals surface area contributed by atoms with Crippen molar-refractivity contribution in [2.75, 3.05) is 18.1 Å². The molecule has 1 aromatic rings. The second-order valence-electron chi connectivity index (χ2n) is 5.51. The van der Waals surface area contributed by atoms with Gasteiger partial charge in [-0.1, -0.05) is 13.3 Å². The highest BCUT2D eigenvalue weighted by Gasteiger charge is 2.44. The number of alkyl halides is 3. The summed E-state index contributed by atoms with van der Waals surface area (Å²) in [5.74, 6) is 0.406. The molecule has 1 saturated heterocycles. The Balaban J connectivity index is 2.23. The van der Waals surface area contributed by atoms with Gasteiger partial charge < -0.3 is 14.6 Å². The molecule has 4 nitrogen and oxygen atoms in total. The maximum atomic E-state index is 13.2. The largest absolute Gasteiger partial charge is 0.479 e. The number of hydrogen-bond donors (Lipinski definition) is 1. The second kappa shape index (κ2) is 7.07. The number of halogens is 3. The van der Waals surface area contributed by atoms with Crippen molar-refractivity contribution in [2.24, 2.45) is 0 Å². The normalized spacial score (nSPS) is 19.3. The molecule has 22 heavy (non-hydrogen) atoms. The fourth-order valence-corrected chi connectivity index (χ4v) is 2.62. The van der Waals surface area contributed by atoms with Crippen molar-refractivity contribution < 1.29 is 17.9 Å². The molecule has 2 rings (SSSR count). The molecule has 0 spiro atoms. The van der Waals surface area contributed by atoms with Gasteiger partial charge in [0.15, 0.2) is 11.3 Å². The number of ether oxygens (including phenoxy) is 1. The summed E-state index contributed by atoms with van der Waals surface area (Å²) in [6.07, 6.45) is -1.29. The lowest BCUT2D eigenvalue weighted by atomic mass is 10.0. The van der Waals surface area contributed by atoms with Crippen LogP contribution in [0.4, 0.5) is 19.0 Å². The van der Waals surface area contributed by atoms with Crippen molar-refractivity contribution in [1.82, 2.24) is 4.98 Å². The van der Waals surface area contributed by atoms with Crippen LogP contribution in [-0.4, -0.2) is 30.4 Å². The zero-order valence-electron chi connectivity index (χ0n) is 12.6. The molecule has 1 unspecified atom stereocenters. The van der Waals surface area contributed by atoms with Gasteiger partial charge >= 0.3 is 6.18 Å². The van der Waals surface area contributed by atoms with E-state index in [1.165, 1.54) is 17.0 Å². The van der Waals surface area contributed by atoms with Crippen LogP contribution in [0.3, 0.4) is 0 Å². The number of unbranched alkanes of at least 4 members (excludes halogenated alkanes) is 1. The molecule has 1 aliphatic rings. The van der Waals surface area contributed by atoms with Crippen LogP contribution in [0.5, 0.6) is 5.88 Å². The van der Waals surface area contributed by atoms with Crippen LogP contribution in [0, 0.1) is 0 Å². The average molecular weight is 318 g/mol. The van der Waals surface area contributed by atoms with Crippen molar-refractivity contribution in [1.29, 1.82) is 0 Å². The van der Waals surface area contributed by atoms with Crippen molar-refractivity contribution in [3.63, 3.8) is 0 Å². The summed E-state index contributed by atoms with van der Waals surface area (Å²) in [7, 11) is 0. The van der Waals surface area contributed by atoms with Crippen LogP contribution >= 0.6 is 0 Å². The SMILES string of the molecule is CCCCOc1cc(=O)cc(N2CCCCC2C(F)(F)F)[nH]1. The number of nitrogens with zero attached hydrogens (tertiary/aromatic N) is 1. The van der Waals surface area contributed by atoms with Gasteiger partial charge in [-0.2, -0.15) is 13.2 Å². The van der Waals surface area contributed by atoms with E-state index in [9.17, 15) is 18.0 Å². The van der Waals surface area contributed by atoms with E-state index in [2.05, 4.69) is 4.98 Å². The van der Waals surface area contributed by atoms with Crippen molar-refractivity contribution in [3.8, 4) is 5.88 Å². The predicted octanol–water partition coefficient (Wildman–Crippen LogP) is 3.48. The summed E-state index contributed by atoms with van der Waals surface area (Å²) in [6, 6.07) is 0.922. The number of nitrogens with one attached hydrogen (secondary N) is 1. The first kappa shape index (κ1) is 16.7. The van der Waals surface area contributed by atoms with E-state index in [1.807, 2.05) is 6.92 Å². The first-order chi connectivity index (χ1) is 10.4. The molecular formula is C15H21F3N2O2. The maximum absolute atomic E-state index is 13.2. The lowest BCUT2D eigenvalue weighted by Crippen LogP contribution is -2.49. The Hall–Kier alpha value is -1.66. The van der Waals surface area contributed by atoms with Crippen LogP contribution in [0.2, 0.25) is 0 Å². The van der Waals surface area contributed by atoms with Crippen LogP contribution in [0.15, 0.2) is 16.9 Å².